The molecular formula is C24H23NO5. The number of pyridine rings is 1. The maximum absolute atomic E-state index is 12.1. The van der Waals surface area contributed by atoms with Crippen LogP contribution in [0.4, 0.5) is 0 Å². The second-order valence-corrected chi connectivity index (χ2v) is 6.95. The lowest BCUT2D eigenvalue weighted by Crippen LogP contribution is -2.02. The molecule has 0 spiro atoms. The smallest absolute Gasteiger partial charge is 0.231 e. The Morgan fingerprint density at radius 2 is 1.80 bits per heavy atom. The van der Waals surface area contributed by atoms with Crippen molar-refractivity contribution in [2.45, 2.75) is 26.2 Å². The molecule has 1 aromatic heterocycles. The molecule has 3 aromatic rings. The zero-order valence-corrected chi connectivity index (χ0v) is 17.0. The van der Waals surface area contributed by atoms with E-state index in [4.69, 9.17) is 18.9 Å². The van der Waals surface area contributed by atoms with Crippen molar-refractivity contribution in [3.63, 3.8) is 0 Å². The van der Waals surface area contributed by atoms with Crippen LogP contribution in [0.2, 0.25) is 0 Å². The van der Waals surface area contributed by atoms with Crippen LogP contribution in [0.5, 0.6) is 28.9 Å². The topological polar surface area (TPSA) is 66.9 Å². The molecule has 0 bridgehead atoms. The highest BCUT2D eigenvalue weighted by molar-refractivity contribution is 5.90. The number of aromatic nitrogens is 1. The summed E-state index contributed by atoms with van der Waals surface area (Å²) in [4.78, 5) is 16.7. The third-order valence-electron chi connectivity index (χ3n) is 4.94. The van der Waals surface area contributed by atoms with Crippen molar-refractivity contribution in [1.82, 2.24) is 4.98 Å². The summed E-state index contributed by atoms with van der Waals surface area (Å²) >= 11 is 0. The SMILES string of the molecule is CCCCc1cc(-c2ccc(OC)cc2)c(C=O)c(Oc2ccc3c(c2)OCO3)n1. The number of nitrogens with zero attached hydrogens (tertiary/aromatic N) is 1. The molecule has 0 amide bonds. The van der Waals surface area contributed by atoms with E-state index >= 15 is 0 Å². The molecule has 2 aromatic carbocycles. The van der Waals surface area contributed by atoms with Crippen LogP contribution in [-0.2, 0) is 6.42 Å². The maximum Gasteiger partial charge on any atom is 0.231 e. The fourth-order valence-electron chi connectivity index (χ4n) is 3.32. The molecule has 6 nitrogen and oxygen atoms in total. The van der Waals surface area contributed by atoms with Gasteiger partial charge in [-0.1, -0.05) is 25.5 Å². The summed E-state index contributed by atoms with van der Waals surface area (Å²) in [5, 5.41) is 0. The minimum atomic E-state index is 0.185. The Bertz CT molecular complexity index is 1050. The number of hydrogen-bond donors (Lipinski definition) is 0. The first-order valence-electron chi connectivity index (χ1n) is 9.93. The fourth-order valence-corrected chi connectivity index (χ4v) is 3.32. The van der Waals surface area contributed by atoms with Gasteiger partial charge in [0.1, 0.15) is 11.5 Å². The van der Waals surface area contributed by atoms with Crippen LogP contribution in [0.15, 0.2) is 48.5 Å². The Morgan fingerprint density at radius 3 is 2.53 bits per heavy atom. The Hall–Kier alpha value is -3.54. The molecule has 30 heavy (non-hydrogen) atoms. The van der Waals surface area contributed by atoms with E-state index in [1.54, 1.807) is 25.3 Å². The summed E-state index contributed by atoms with van der Waals surface area (Å²) in [7, 11) is 1.62. The number of benzene rings is 2. The van der Waals surface area contributed by atoms with Crippen LogP contribution in [0.3, 0.4) is 0 Å². The van der Waals surface area contributed by atoms with Crippen LogP contribution in [0.1, 0.15) is 35.8 Å². The third-order valence-corrected chi connectivity index (χ3v) is 4.94. The Kier molecular flexibility index (Phi) is 5.84. The number of methoxy groups -OCH3 is 1. The largest absolute Gasteiger partial charge is 0.497 e. The van der Waals surface area contributed by atoms with E-state index in [-0.39, 0.29) is 12.7 Å². The lowest BCUT2D eigenvalue weighted by molar-refractivity contribution is 0.112. The average Bonchev–Trinajstić information content (AvgIpc) is 3.25. The van der Waals surface area contributed by atoms with Crippen LogP contribution in [0.25, 0.3) is 11.1 Å². The first kappa shape index (κ1) is 19.8. The summed E-state index contributed by atoms with van der Waals surface area (Å²) in [5.41, 5.74) is 2.96. The summed E-state index contributed by atoms with van der Waals surface area (Å²) in [5.74, 6) is 2.84. The highest BCUT2D eigenvalue weighted by Crippen LogP contribution is 2.38. The summed E-state index contributed by atoms with van der Waals surface area (Å²) in [6.45, 7) is 2.32. The first-order valence-corrected chi connectivity index (χ1v) is 9.93. The van der Waals surface area contributed by atoms with Crippen molar-refractivity contribution in [2.24, 2.45) is 0 Å². The van der Waals surface area contributed by atoms with Crippen molar-refractivity contribution in [1.29, 1.82) is 0 Å². The molecule has 1 aliphatic heterocycles. The molecule has 0 aliphatic carbocycles. The number of aryl methyl sites for hydroxylation is 1. The highest BCUT2D eigenvalue weighted by atomic mass is 16.7. The van der Waals surface area contributed by atoms with Gasteiger partial charge in [0.05, 0.1) is 12.7 Å². The van der Waals surface area contributed by atoms with Gasteiger partial charge < -0.3 is 18.9 Å². The molecule has 154 valence electrons. The quantitative estimate of drug-likeness (QED) is 0.465. The molecule has 6 heteroatoms. The lowest BCUT2D eigenvalue weighted by atomic mass is 9.99. The van der Waals surface area contributed by atoms with Crippen molar-refractivity contribution in [2.75, 3.05) is 13.9 Å². The predicted octanol–water partition coefficient (Wildman–Crippen LogP) is 5.43. The number of ether oxygens (including phenoxy) is 4. The fraction of sp³-hybridized carbons (Fsp3) is 0.250. The number of carbonyl (C=O) groups excluding carboxylic acids is 1. The van der Waals surface area contributed by atoms with Gasteiger partial charge in [-0.3, -0.25) is 4.79 Å². The molecule has 2 heterocycles. The van der Waals surface area contributed by atoms with Gasteiger partial charge in [0, 0.05) is 11.8 Å². The number of unbranched alkanes of at least 4 members (excludes halogenated alkanes) is 1. The van der Waals surface area contributed by atoms with E-state index in [9.17, 15) is 4.79 Å². The highest BCUT2D eigenvalue weighted by Gasteiger charge is 2.18. The normalized spacial score (nSPS) is 11.9. The maximum atomic E-state index is 12.1. The van der Waals surface area contributed by atoms with E-state index in [2.05, 4.69) is 11.9 Å². The number of aldehydes is 1. The summed E-state index contributed by atoms with van der Waals surface area (Å²) < 4.78 is 22.1. The van der Waals surface area contributed by atoms with E-state index in [0.717, 1.165) is 48.1 Å². The van der Waals surface area contributed by atoms with Crippen molar-refractivity contribution in [3.05, 3.63) is 59.8 Å². The molecule has 0 saturated carbocycles. The van der Waals surface area contributed by atoms with Gasteiger partial charge in [0.2, 0.25) is 12.7 Å². The monoisotopic (exact) mass is 405 g/mol. The van der Waals surface area contributed by atoms with Gasteiger partial charge in [-0.05, 0) is 54.3 Å². The number of hydrogen-bond acceptors (Lipinski definition) is 6. The second kappa shape index (κ2) is 8.86. The minimum absolute atomic E-state index is 0.185. The Balaban J connectivity index is 1.76. The number of rotatable bonds is 8. The van der Waals surface area contributed by atoms with E-state index < -0.39 is 0 Å². The van der Waals surface area contributed by atoms with Crippen LogP contribution in [-0.4, -0.2) is 25.2 Å². The molecule has 4 rings (SSSR count). The number of carbonyl (C=O) groups is 1. The molecule has 0 fully saturated rings. The van der Waals surface area contributed by atoms with Gasteiger partial charge >= 0.3 is 0 Å². The van der Waals surface area contributed by atoms with Gasteiger partial charge in [-0.2, -0.15) is 0 Å². The van der Waals surface area contributed by atoms with Gasteiger partial charge in [-0.25, -0.2) is 4.98 Å². The van der Waals surface area contributed by atoms with Crippen LogP contribution >= 0.6 is 0 Å². The van der Waals surface area contributed by atoms with Crippen molar-refractivity contribution < 1.29 is 23.7 Å². The molecule has 0 saturated heterocycles. The Labute approximate surface area is 175 Å². The average molecular weight is 405 g/mol. The molecule has 1 aliphatic rings. The van der Waals surface area contributed by atoms with Gasteiger partial charge in [-0.15, -0.1) is 0 Å². The first-order chi connectivity index (χ1) is 14.7. The zero-order chi connectivity index (χ0) is 20.9. The molecule has 0 radical (unpaired) electrons. The molecule has 0 atom stereocenters. The van der Waals surface area contributed by atoms with E-state index in [0.29, 0.717) is 22.8 Å². The van der Waals surface area contributed by atoms with Crippen LogP contribution in [0, 0.1) is 0 Å². The number of fused-ring (bicyclic) bond motifs is 1. The van der Waals surface area contributed by atoms with Gasteiger partial charge in [0.25, 0.3) is 0 Å². The second-order valence-electron chi connectivity index (χ2n) is 6.95. The third kappa shape index (κ3) is 4.08. The molecule has 0 N–H and O–H groups in total. The summed E-state index contributed by atoms with van der Waals surface area (Å²) in [6.07, 6.45) is 3.64. The lowest BCUT2D eigenvalue weighted by Gasteiger charge is -2.14. The zero-order valence-electron chi connectivity index (χ0n) is 17.0. The standard InChI is InChI=1S/C24H23NO5/c1-3-4-5-17-12-20(16-6-8-18(27-2)9-7-16)21(14-26)24(25-17)30-19-10-11-22-23(13-19)29-15-28-22/h6-14H,3-5,15H2,1-2H3. The minimum Gasteiger partial charge on any atom is -0.497 e. The summed E-state index contributed by atoms with van der Waals surface area (Å²) in [6, 6.07) is 14.9. The molecular weight excluding hydrogens is 382 g/mol. The Morgan fingerprint density at radius 1 is 1.03 bits per heavy atom. The molecule has 0 unspecified atom stereocenters. The van der Waals surface area contributed by atoms with Crippen molar-refractivity contribution >= 4 is 6.29 Å². The van der Waals surface area contributed by atoms with E-state index in [1.165, 1.54) is 0 Å². The van der Waals surface area contributed by atoms with Crippen molar-refractivity contribution in [3.8, 4) is 40.0 Å². The predicted molar refractivity (Wildman–Crippen MR) is 113 cm³/mol. The van der Waals surface area contributed by atoms with Gasteiger partial charge in [0.15, 0.2) is 17.8 Å². The van der Waals surface area contributed by atoms with Crippen LogP contribution < -0.4 is 18.9 Å². The van der Waals surface area contributed by atoms with E-state index in [1.807, 2.05) is 30.3 Å².